The molecule has 2 fully saturated rings. The van der Waals surface area contributed by atoms with Crippen LogP contribution in [0.1, 0.15) is 44.2 Å². The first-order valence-electron chi connectivity index (χ1n) is 7.42. The van der Waals surface area contributed by atoms with E-state index in [2.05, 4.69) is 5.32 Å². The van der Waals surface area contributed by atoms with E-state index < -0.39 is 5.82 Å². The zero-order valence-corrected chi connectivity index (χ0v) is 13.1. The highest BCUT2D eigenvalue weighted by atomic mass is 35.5. The van der Waals surface area contributed by atoms with Crippen molar-refractivity contribution >= 4 is 23.2 Å². The van der Waals surface area contributed by atoms with E-state index in [9.17, 15) is 4.39 Å². The maximum atomic E-state index is 13.6. The molecule has 1 aromatic carbocycles. The Morgan fingerprint density at radius 2 is 2.05 bits per heavy atom. The summed E-state index contributed by atoms with van der Waals surface area (Å²) in [6.07, 6.45) is 5.58. The lowest BCUT2D eigenvalue weighted by Crippen LogP contribution is -2.28. The first-order chi connectivity index (χ1) is 9.54. The molecule has 4 atom stereocenters. The Bertz CT molecular complexity index is 505. The van der Waals surface area contributed by atoms with Crippen LogP contribution >= 0.6 is 23.2 Å². The quantitative estimate of drug-likeness (QED) is 0.751. The molecule has 2 bridgehead atoms. The van der Waals surface area contributed by atoms with Gasteiger partial charge >= 0.3 is 0 Å². The van der Waals surface area contributed by atoms with Gasteiger partial charge in [0.15, 0.2) is 0 Å². The first kappa shape index (κ1) is 14.6. The minimum atomic E-state index is -0.403. The molecule has 2 saturated carbocycles. The normalized spacial score (nSPS) is 29.9. The fourth-order valence-electron chi connectivity index (χ4n) is 3.93. The van der Waals surface area contributed by atoms with Crippen LogP contribution in [0.15, 0.2) is 12.1 Å². The summed E-state index contributed by atoms with van der Waals surface area (Å²) < 4.78 is 13.6. The van der Waals surface area contributed by atoms with E-state index in [1.54, 1.807) is 0 Å². The lowest BCUT2D eigenvalue weighted by atomic mass is 9.88. The predicted octanol–water partition coefficient (Wildman–Crippen LogP) is 5.22. The number of fused-ring (bicyclic) bond motifs is 2. The molecule has 4 heteroatoms. The van der Waals surface area contributed by atoms with Gasteiger partial charge in [0.25, 0.3) is 0 Å². The third kappa shape index (κ3) is 2.84. The van der Waals surface area contributed by atoms with Crippen molar-refractivity contribution in [1.82, 2.24) is 5.32 Å². The Balaban J connectivity index is 1.62. The van der Waals surface area contributed by atoms with E-state index in [0.29, 0.717) is 5.02 Å². The highest BCUT2D eigenvalue weighted by Gasteiger charge is 2.39. The van der Waals surface area contributed by atoms with E-state index in [4.69, 9.17) is 23.2 Å². The van der Waals surface area contributed by atoms with Crippen LogP contribution in [0.2, 0.25) is 10.0 Å². The second-order valence-corrected chi connectivity index (χ2v) is 7.17. The van der Waals surface area contributed by atoms with E-state index in [1.165, 1.54) is 37.8 Å². The third-order valence-corrected chi connectivity index (χ3v) is 5.69. The summed E-state index contributed by atoms with van der Waals surface area (Å²) >= 11 is 11.9. The smallest absolute Gasteiger partial charge is 0.142 e. The van der Waals surface area contributed by atoms with Gasteiger partial charge in [-0.1, -0.05) is 29.6 Å². The zero-order chi connectivity index (χ0) is 14.3. The van der Waals surface area contributed by atoms with Crippen LogP contribution in [0.3, 0.4) is 0 Å². The molecule has 0 spiro atoms. The summed E-state index contributed by atoms with van der Waals surface area (Å²) in [5, 5.41) is 4.13. The maximum absolute atomic E-state index is 13.6. The fourth-order valence-corrected chi connectivity index (χ4v) is 4.48. The predicted molar refractivity (Wildman–Crippen MR) is 81.8 cm³/mol. The molecule has 4 unspecified atom stereocenters. The summed E-state index contributed by atoms with van der Waals surface area (Å²) in [6, 6.07) is 2.99. The Morgan fingerprint density at radius 1 is 1.25 bits per heavy atom. The summed E-state index contributed by atoms with van der Waals surface area (Å²) in [7, 11) is 0. The van der Waals surface area contributed by atoms with Gasteiger partial charge in [-0.2, -0.15) is 0 Å². The number of rotatable bonds is 4. The lowest BCUT2D eigenvalue weighted by molar-refractivity contribution is 0.309. The molecule has 3 rings (SSSR count). The van der Waals surface area contributed by atoms with Crippen LogP contribution in [0.5, 0.6) is 0 Å². The van der Waals surface area contributed by atoms with Gasteiger partial charge in [0, 0.05) is 11.1 Å². The van der Waals surface area contributed by atoms with Crippen LogP contribution in [0.25, 0.3) is 0 Å². The monoisotopic (exact) mass is 315 g/mol. The molecule has 110 valence electrons. The maximum Gasteiger partial charge on any atom is 0.142 e. The Labute approximate surface area is 129 Å². The molecule has 0 aliphatic heterocycles. The number of hydrogen-bond donors (Lipinski definition) is 1. The molecule has 0 radical (unpaired) electrons. The number of halogens is 3. The van der Waals surface area contributed by atoms with Gasteiger partial charge in [0.05, 0.1) is 5.02 Å². The van der Waals surface area contributed by atoms with Crippen molar-refractivity contribution in [2.75, 3.05) is 6.54 Å². The third-order valence-electron chi connectivity index (χ3n) is 5.08. The molecular formula is C16H20Cl2FN. The average Bonchev–Trinajstić information content (AvgIpc) is 3.02. The lowest BCUT2D eigenvalue weighted by Gasteiger charge is -2.24. The summed E-state index contributed by atoms with van der Waals surface area (Å²) in [5.41, 5.74) is 0.789. The molecule has 0 heterocycles. The molecule has 0 saturated heterocycles. The van der Waals surface area contributed by atoms with E-state index >= 15 is 0 Å². The number of nitrogens with one attached hydrogen (secondary N) is 1. The molecular weight excluding hydrogens is 296 g/mol. The van der Waals surface area contributed by atoms with Gasteiger partial charge in [-0.25, -0.2) is 4.39 Å². The molecule has 1 aromatic rings. The molecule has 1 N–H and O–H groups in total. The topological polar surface area (TPSA) is 12.0 Å². The van der Waals surface area contributed by atoms with Gasteiger partial charge < -0.3 is 5.32 Å². The van der Waals surface area contributed by atoms with Crippen molar-refractivity contribution in [3.63, 3.8) is 0 Å². The number of benzene rings is 1. The summed E-state index contributed by atoms with van der Waals surface area (Å²) in [4.78, 5) is 0. The summed E-state index contributed by atoms with van der Waals surface area (Å²) in [5.74, 6) is 2.24. The standard InChI is InChI=1S/C16H20Cl2FN/c1-9(13-6-16(19)15(18)7-14(13)17)20-8-12-5-10-2-3-11(12)4-10/h6-7,9-12,20H,2-5,8H2,1H3. The fraction of sp³-hybridized carbons (Fsp3) is 0.625. The average molecular weight is 316 g/mol. The number of hydrogen-bond acceptors (Lipinski definition) is 1. The van der Waals surface area contributed by atoms with Gasteiger partial charge in [-0.3, -0.25) is 0 Å². The minimum Gasteiger partial charge on any atom is -0.310 e. The van der Waals surface area contributed by atoms with Crippen molar-refractivity contribution in [3.8, 4) is 0 Å². The van der Waals surface area contributed by atoms with Crippen molar-refractivity contribution in [3.05, 3.63) is 33.6 Å². The second-order valence-electron chi connectivity index (χ2n) is 6.35. The molecule has 0 amide bonds. The highest BCUT2D eigenvalue weighted by Crippen LogP contribution is 2.48. The van der Waals surface area contributed by atoms with E-state index in [0.717, 1.165) is 29.9 Å². The Hall–Kier alpha value is -0.310. The molecule has 0 aromatic heterocycles. The van der Waals surface area contributed by atoms with Crippen molar-refractivity contribution in [2.45, 2.75) is 38.6 Å². The van der Waals surface area contributed by atoms with Crippen LogP contribution in [0.4, 0.5) is 4.39 Å². The SMILES string of the molecule is CC(NCC1CC2CCC1C2)c1cc(F)c(Cl)cc1Cl. The van der Waals surface area contributed by atoms with Gasteiger partial charge in [0.2, 0.25) is 0 Å². The summed E-state index contributed by atoms with van der Waals surface area (Å²) in [6.45, 7) is 3.03. The largest absolute Gasteiger partial charge is 0.310 e. The first-order valence-corrected chi connectivity index (χ1v) is 8.18. The van der Waals surface area contributed by atoms with Gasteiger partial charge in [0.1, 0.15) is 5.82 Å². The molecule has 2 aliphatic rings. The highest BCUT2D eigenvalue weighted by molar-refractivity contribution is 6.35. The molecule has 1 nitrogen and oxygen atoms in total. The van der Waals surface area contributed by atoms with Crippen LogP contribution < -0.4 is 5.32 Å². The molecule has 20 heavy (non-hydrogen) atoms. The van der Waals surface area contributed by atoms with Crippen molar-refractivity contribution in [1.29, 1.82) is 0 Å². The zero-order valence-electron chi connectivity index (χ0n) is 11.6. The Kier molecular flexibility index (Phi) is 4.26. The van der Waals surface area contributed by atoms with E-state index in [1.807, 2.05) is 6.92 Å². The van der Waals surface area contributed by atoms with Gasteiger partial charge in [-0.15, -0.1) is 0 Å². The van der Waals surface area contributed by atoms with Crippen LogP contribution in [0, 0.1) is 23.6 Å². The van der Waals surface area contributed by atoms with Gasteiger partial charge in [-0.05, 0) is 68.2 Å². The second kappa shape index (κ2) is 5.82. The van der Waals surface area contributed by atoms with Crippen molar-refractivity contribution < 1.29 is 4.39 Å². The van der Waals surface area contributed by atoms with Crippen LogP contribution in [-0.4, -0.2) is 6.54 Å². The van der Waals surface area contributed by atoms with Crippen molar-refractivity contribution in [2.24, 2.45) is 17.8 Å². The van der Waals surface area contributed by atoms with Crippen LogP contribution in [-0.2, 0) is 0 Å². The minimum absolute atomic E-state index is 0.0494. The Morgan fingerprint density at radius 3 is 2.70 bits per heavy atom. The molecule has 2 aliphatic carbocycles. The van der Waals surface area contributed by atoms with E-state index in [-0.39, 0.29) is 11.1 Å².